The van der Waals surface area contributed by atoms with Crippen LogP contribution in [0.25, 0.3) is 21.7 Å². The van der Waals surface area contributed by atoms with Crippen LogP contribution in [0, 0.1) is 12.8 Å². The van der Waals surface area contributed by atoms with Crippen molar-refractivity contribution >= 4 is 39.3 Å². The maximum Gasteiger partial charge on any atom is 0.332 e. The molecule has 0 spiro atoms. The van der Waals surface area contributed by atoms with E-state index in [1.165, 1.54) is 23.3 Å². The van der Waals surface area contributed by atoms with Crippen LogP contribution in [-0.4, -0.2) is 75.0 Å². The van der Waals surface area contributed by atoms with E-state index in [4.69, 9.17) is 25.2 Å². The fraction of sp³-hybridized carbons (Fsp3) is 0.484. The number of carbonyl (C=O) groups is 3. The summed E-state index contributed by atoms with van der Waals surface area (Å²) >= 11 is 1.48. The molecule has 3 aromatic heterocycles. The van der Waals surface area contributed by atoms with E-state index < -0.39 is 35.6 Å². The van der Waals surface area contributed by atoms with Crippen molar-refractivity contribution in [1.82, 2.24) is 25.2 Å². The number of hydrogen-bond acceptors (Lipinski definition) is 10. The monoisotopic (exact) mass is 604 g/mol. The lowest BCUT2D eigenvalue weighted by atomic mass is 10.1. The quantitative estimate of drug-likeness (QED) is 0.338. The van der Waals surface area contributed by atoms with Gasteiger partial charge in [-0.3, -0.25) is 14.6 Å². The van der Waals surface area contributed by atoms with Crippen molar-refractivity contribution in [3.8, 4) is 17.4 Å². The minimum Gasteiger partial charge on any atom is -0.471 e. The number of fused-ring (bicyclic) bond motifs is 3. The second-order valence-corrected chi connectivity index (χ2v) is 12.5. The number of aryl methyl sites for hydroxylation is 1. The summed E-state index contributed by atoms with van der Waals surface area (Å²) in [4.78, 5) is 55.7. The predicted octanol–water partition coefficient (Wildman–Crippen LogP) is 3.31. The van der Waals surface area contributed by atoms with Crippen LogP contribution in [0.4, 0.5) is 0 Å². The van der Waals surface area contributed by atoms with Gasteiger partial charge in [0.25, 0.3) is 0 Å². The molecule has 226 valence electrons. The molecule has 43 heavy (non-hydrogen) atoms. The number of allylic oxidation sites excluding steroid dienone is 1. The average molecular weight is 605 g/mol. The van der Waals surface area contributed by atoms with E-state index in [1.54, 1.807) is 6.20 Å². The smallest absolute Gasteiger partial charge is 0.332 e. The van der Waals surface area contributed by atoms with Gasteiger partial charge in [-0.1, -0.05) is 31.1 Å². The Morgan fingerprint density at radius 1 is 1.21 bits per heavy atom. The summed E-state index contributed by atoms with van der Waals surface area (Å²) in [6.07, 6.45) is 9.98. The van der Waals surface area contributed by atoms with Gasteiger partial charge in [0.2, 0.25) is 17.7 Å². The summed E-state index contributed by atoms with van der Waals surface area (Å²) in [5.41, 5.74) is 7.61. The number of nitrogens with zero attached hydrogens (tertiary/aromatic N) is 4. The number of ether oxygens (including phenoxy) is 2. The number of methoxy groups -OCH3 is 1. The zero-order valence-electron chi connectivity index (χ0n) is 24.3. The average Bonchev–Trinajstić information content (AvgIpc) is 3.33. The molecule has 3 N–H and O–H groups in total. The number of esters is 1. The van der Waals surface area contributed by atoms with Crippen molar-refractivity contribution in [2.45, 2.75) is 75.6 Å². The third-order valence-electron chi connectivity index (χ3n) is 8.56. The molecular weight excluding hydrogens is 568 g/mol. The van der Waals surface area contributed by atoms with Gasteiger partial charge in [-0.15, -0.1) is 11.3 Å². The molecule has 11 nitrogen and oxygen atoms in total. The Morgan fingerprint density at radius 2 is 2.07 bits per heavy atom. The second-order valence-electron chi connectivity index (χ2n) is 11.6. The van der Waals surface area contributed by atoms with Gasteiger partial charge in [-0.2, -0.15) is 4.98 Å². The predicted molar refractivity (Wildman–Crippen MR) is 161 cm³/mol. The zero-order chi connectivity index (χ0) is 30.1. The fourth-order valence-corrected chi connectivity index (χ4v) is 6.98. The van der Waals surface area contributed by atoms with Crippen LogP contribution in [0.3, 0.4) is 0 Å². The highest BCUT2D eigenvalue weighted by Gasteiger charge is 2.62. The van der Waals surface area contributed by atoms with Crippen molar-refractivity contribution < 1.29 is 23.9 Å². The van der Waals surface area contributed by atoms with Crippen molar-refractivity contribution in [2.24, 2.45) is 11.7 Å². The maximum absolute atomic E-state index is 13.8. The first-order chi connectivity index (χ1) is 20.8. The summed E-state index contributed by atoms with van der Waals surface area (Å²) in [6.45, 7) is 2.14. The fourth-order valence-electron chi connectivity index (χ4n) is 6.06. The van der Waals surface area contributed by atoms with Gasteiger partial charge in [-0.05, 0) is 55.7 Å². The number of nitrogens with two attached hydrogens (primary N) is 1. The minimum atomic E-state index is -1.14. The molecule has 2 amide bonds. The Bertz CT molecular complexity index is 1560. The number of thiophene rings is 1. The number of carbonyl (C=O) groups excluding carboxylic acids is 3. The molecular formula is C31H36N6O5S. The van der Waals surface area contributed by atoms with E-state index in [9.17, 15) is 14.4 Å². The van der Waals surface area contributed by atoms with E-state index >= 15 is 0 Å². The number of pyridine rings is 1. The van der Waals surface area contributed by atoms with Gasteiger partial charge in [0, 0.05) is 18.5 Å². The summed E-state index contributed by atoms with van der Waals surface area (Å²) in [5, 5.41) is 4.95. The zero-order valence-corrected chi connectivity index (χ0v) is 25.1. The van der Waals surface area contributed by atoms with Crippen LogP contribution < -0.4 is 15.8 Å². The van der Waals surface area contributed by atoms with Gasteiger partial charge in [0.05, 0.1) is 25.2 Å². The Kier molecular flexibility index (Phi) is 8.15. The van der Waals surface area contributed by atoms with Crippen molar-refractivity contribution in [3.05, 3.63) is 47.5 Å². The van der Waals surface area contributed by atoms with E-state index in [2.05, 4.69) is 16.4 Å². The molecule has 2 fully saturated rings. The normalized spacial score (nSPS) is 27.9. The molecule has 1 aliphatic carbocycles. The first-order valence-electron chi connectivity index (χ1n) is 14.8. The summed E-state index contributed by atoms with van der Waals surface area (Å²) in [7, 11) is 1.32. The van der Waals surface area contributed by atoms with Crippen LogP contribution in [-0.2, 0) is 19.1 Å². The number of nitrogens with one attached hydrogen (secondary N) is 1. The van der Waals surface area contributed by atoms with Gasteiger partial charge in [-0.25, -0.2) is 9.78 Å². The van der Waals surface area contributed by atoms with E-state index in [0.717, 1.165) is 41.5 Å². The lowest BCUT2D eigenvalue weighted by molar-refractivity contribution is -0.148. The van der Waals surface area contributed by atoms with Crippen molar-refractivity contribution in [2.75, 3.05) is 13.7 Å². The first kappa shape index (κ1) is 29.2. The number of rotatable bonds is 4. The number of aromatic nitrogens is 3. The van der Waals surface area contributed by atoms with Gasteiger partial charge in [0.15, 0.2) is 5.82 Å². The van der Waals surface area contributed by atoms with Crippen LogP contribution in [0.15, 0.2) is 41.9 Å². The molecule has 0 unspecified atom stereocenters. The molecule has 0 radical (unpaired) electrons. The molecule has 0 bridgehead atoms. The molecule has 3 aromatic rings. The third kappa shape index (κ3) is 5.73. The Morgan fingerprint density at radius 3 is 2.86 bits per heavy atom. The molecule has 6 rings (SSSR count). The highest BCUT2D eigenvalue weighted by atomic mass is 32.1. The first-order valence-corrected chi connectivity index (χ1v) is 15.7. The van der Waals surface area contributed by atoms with Crippen LogP contribution >= 0.6 is 11.3 Å². The minimum absolute atomic E-state index is 0.157. The molecule has 5 heterocycles. The standard InChI is InChI=1S/C31H36N6O5S/c1-18-17-43-25-24(18)34-26(22-12-8-9-13-33-22)35-28(25)42-20-14-23-27(38)36-31(30(40)41-2)15-19(31)10-6-4-3-5-7-11-21(32)29(39)37(23)16-20/h6,8-10,12-13,17,19-21,23H,3-5,7,11,14-16,32H2,1-2H3,(H,36,38)/t19-,20-,21+,23+,31-/m1/s1. The lowest BCUT2D eigenvalue weighted by Gasteiger charge is -2.28. The largest absolute Gasteiger partial charge is 0.471 e. The molecule has 3 aliphatic rings. The molecule has 0 aromatic carbocycles. The van der Waals surface area contributed by atoms with E-state index in [0.29, 0.717) is 30.2 Å². The highest BCUT2D eigenvalue weighted by Crippen LogP contribution is 2.46. The Labute approximate surface area is 253 Å². The molecule has 5 atom stereocenters. The van der Waals surface area contributed by atoms with Crippen LogP contribution in [0.1, 0.15) is 50.5 Å². The lowest BCUT2D eigenvalue weighted by Crippen LogP contribution is -2.55. The highest BCUT2D eigenvalue weighted by molar-refractivity contribution is 7.17. The molecule has 12 heteroatoms. The van der Waals surface area contributed by atoms with Crippen molar-refractivity contribution in [3.63, 3.8) is 0 Å². The van der Waals surface area contributed by atoms with Gasteiger partial charge in [0.1, 0.15) is 28.1 Å². The third-order valence-corrected chi connectivity index (χ3v) is 9.64. The van der Waals surface area contributed by atoms with Crippen molar-refractivity contribution in [1.29, 1.82) is 0 Å². The molecule has 1 saturated carbocycles. The SMILES string of the molecule is COC(=O)[C@@]12C[C@H]1C=CCCCCC[C@H](N)C(=O)N1C[C@H](Oc3nc(-c4ccccn4)nc4c(C)csc34)C[C@H]1C(=O)N2. The summed E-state index contributed by atoms with van der Waals surface area (Å²) in [6, 6.07) is 3.93. The van der Waals surface area contributed by atoms with Crippen LogP contribution in [0.5, 0.6) is 5.88 Å². The number of hydrogen-bond donors (Lipinski definition) is 2. The topological polar surface area (TPSA) is 150 Å². The molecule has 2 aliphatic heterocycles. The van der Waals surface area contributed by atoms with E-state index in [1.807, 2.05) is 36.6 Å². The Balaban J connectivity index is 1.30. The summed E-state index contributed by atoms with van der Waals surface area (Å²) in [5.74, 6) is -0.549. The summed E-state index contributed by atoms with van der Waals surface area (Å²) < 4.78 is 12.3. The van der Waals surface area contributed by atoms with E-state index in [-0.39, 0.29) is 24.8 Å². The van der Waals surface area contributed by atoms with Gasteiger partial charge < -0.3 is 25.4 Å². The second kappa shape index (κ2) is 12.0. The van der Waals surface area contributed by atoms with Crippen LogP contribution in [0.2, 0.25) is 0 Å². The Hall–Kier alpha value is -3.90. The molecule has 1 saturated heterocycles. The van der Waals surface area contributed by atoms with Gasteiger partial charge >= 0.3 is 5.97 Å². The number of amides is 2. The maximum atomic E-state index is 13.8.